The number of hydrogen-bond donors (Lipinski definition) is 1. The van der Waals surface area contributed by atoms with Crippen molar-refractivity contribution >= 4 is 0 Å². The first-order chi connectivity index (χ1) is 7.83. The number of benzene rings is 1. The van der Waals surface area contributed by atoms with E-state index in [9.17, 15) is 0 Å². The zero-order valence-corrected chi connectivity index (χ0v) is 9.23. The Labute approximate surface area is 94.5 Å². The summed E-state index contributed by atoms with van der Waals surface area (Å²) in [5.41, 5.74) is 2.28. The predicted molar refractivity (Wildman–Crippen MR) is 62.3 cm³/mol. The van der Waals surface area contributed by atoms with Crippen molar-refractivity contribution in [3.63, 3.8) is 0 Å². The van der Waals surface area contributed by atoms with Crippen molar-refractivity contribution in [1.82, 2.24) is 10.3 Å². The van der Waals surface area contributed by atoms with Crippen LogP contribution in [0.15, 0.2) is 34.9 Å². The number of aryl methyl sites for hydroxylation is 1. The Morgan fingerprint density at radius 3 is 2.94 bits per heavy atom. The monoisotopic (exact) mass is 214 g/mol. The second-order valence-electron chi connectivity index (χ2n) is 4.29. The minimum Gasteiger partial charge on any atom is -0.441 e. The third-order valence-electron chi connectivity index (χ3n) is 2.97. The fourth-order valence-corrected chi connectivity index (χ4v) is 1.88. The smallest absolute Gasteiger partial charge is 0.226 e. The molecule has 0 amide bonds. The average molecular weight is 214 g/mol. The van der Waals surface area contributed by atoms with E-state index < -0.39 is 0 Å². The zero-order valence-electron chi connectivity index (χ0n) is 9.23. The standard InChI is InChI=1S/C13H14N2O/c1-9-3-2-4-10(5-9)13-15-8-12(16-13)11-6-14-7-11/h2-5,8,11,14H,6-7H2,1H3. The zero-order chi connectivity index (χ0) is 11.0. The molecule has 3 nitrogen and oxygen atoms in total. The van der Waals surface area contributed by atoms with E-state index in [-0.39, 0.29) is 0 Å². The summed E-state index contributed by atoms with van der Waals surface area (Å²) in [6.45, 7) is 4.08. The molecule has 0 atom stereocenters. The molecule has 1 aromatic heterocycles. The van der Waals surface area contributed by atoms with Gasteiger partial charge in [0.2, 0.25) is 5.89 Å². The molecular formula is C13H14N2O. The maximum absolute atomic E-state index is 5.78. The topological polar surface area (TPSA) is 38.1 Å². The summed E-state index contributed by atoms with van der Waals surface area (Å²) in [6.07, 6.45) is 1.85. The first kappa shape index (κ1) is 9.60. The minimum atomic E-state index is 0.506. The van der Waals surface area contributed by atoms with Crippen LogP contribution in [-0.2, 0) is 0 Å². The molecule has 0 spiro atoms. The molecule has 1 saturated heterocycles. The van der Waals surface area contributed by atoms with Gasteiger partial charge in [0, 0.05) is 24.6 Å². The molecule has 0 aliphatic carbocycles. The van der Waals surface area contributed by atoms with Crippen LogP contribution in [0.4, 0.5) is 0 Å². The predicted octanol–water partition coefficient (Wildman–Crippen LogP) is 2.34. The van der Waals surface area contributed by atoms with Gasteiger partial charge < -0.3 is 9.73 Å². The Balaban J connectivity index is 1.91. The highest BCUT2D eigenvalue weighted by atomic mass is 16.4. The lowest BCUT2D eigenvalue weighted by atomic mass is 10.0. The molecule has 0 radical (unpaired) electrons. The Kier molecular flexibility index (Phi) is 2.26. The molecule has 3 rings (SSSR count). The summed E-state index contributed by atoms with van der Waals surface area (Å²) in [6, 6.07) is 8.22. The van der Waals surface area contributed by atoms with Crippen LogP contribution >= 0.6 is 0 Å². The average Bonchev–Trinajstić information content (AvgIpc) is 2.64. The molecule has 0 bridgehead atoms. The van der Waals surface area contributed by atoms with Gasteiger partial charge in [-0.3, -0.25) is 0 Å². The van der Waals surface area contributed by atoms with Crippen molar-refractivity contribution in [2.75, 3.05) is 13.1 Å². The molecule has 1 aliphatic heterocycles. The number of hydrogen-bond acceptors (Lipinski definition) is 3. The van der Waals surface area contributed by atoms with Gasteiger partial charge in [-0.1, -0.05) is 17.7 Å². The van der Waals surface area contributed by atoms with Crippen molar-refractivity contribution in [1.29, 1.82) is 0 Å². The first-order valence-corrected chi connectivity index (χ1v) is 5.56. The van der Waals surface area contributed by atoms with Crippen LogP contribution in [0.1, 0.15) is 17.2 Å². The molecule has 1 aromatic carbocycles. The number of nitrogens with zero attached hydrogens (tertiary/aromatic N) is 1. The van der Waals surface area contributed by atoms with E-state index in [0.29, 0.717) is 5.92 Å². The van der Waals surface area contributed by atoms with Crippen LogP contribution < -0.4 is 5.32 Å². The van der Waals surface area contributed by atoms with E-state index in [1.54, 1.807) is 0 Å². The van der Waals surface area contributed by atoms with Gasteiger partial charge in [-0.25, -0.2) is 4.98 Å². The van der Waals surface area contributed by atoms with Crippen LogP contribution in [0, 0.1) is 6.92 Å². The summed E-state index contributed by atoms with van der Waals surface area (Å²) in [5, 5.41) is 3.23. The lowest BCUT2D eigenvalue weighted by Gasteiger charge is -2.24. The van der Waals surface area contributed by atoms with Crippen LogP contribution in [0.2, 0.25) is 0 Å². The van der Waals surface area contributed by atoms with Crippen molar-refractivity contribution < 1.29 is 4.42 Å². The number of nitrogens with one attached hydrogen (secondary N) is 1. The fraction of sp³-hybridized carbons (Fsp3) is 0.308. The van der Waals surface area contributed by atoms with E-state index in [4.69, 9.17) is 4.42 Å². The molecule has 82 valence electrons. The largest absolute Gasteiger partial charge is 0.441 e. The second-order valence-corrected chi connectivity index (χ2v) is 4.29. The molecule has 2 heterocycles. The molecule has 1 fully saturated rings. The van der Waals surface area contributed by atoms with Gasteiger partial charge in [0.1, 0.15) is 5.76 Å². The SMILES string of the molecule is Cc1cccc(-c2ncc(C3CNC3)o2)c1. The molecular weight excluding hydrogens is 200 g/mol. The van der Waals surface area contributed by atoms with E-state index >= 15 is 0 Å². The van der Waals surface area contributed by atoms with Crippen LogP contribution in [0.5, 0.6) is 0 Å². The number of aromatic nitrogens is 1. The maximum Gasteiger partial charge on any atom is 0.226 e. The summed E-state index contributed by atoms with van der Waals surface area (Å²) in [7, 11) is 0. The van der Waals surface area contributed by atoms with Gasteiger partial charge in [0.25, 0.3) is 0 Å². The van der Waals surface area contributed by atoms with Gasteiger partial charge in [0.15, 0.2) is 0 Å². The maximum atomic E-state index is 5.78. The van der Waals surface area contributed by atoms with E-state index in [0.717, 1.165) is 30.3 Å². The Morgan fingerprint density at radius 2 is 2.25 bits per heavy atom. The summed E-state index contributed by atoms with van der Waals surface area (Å²) in [5.74, 6) is 2.23. The number of rotatable bonds is 2. The highest BCUT2D eigenvalue weighted by molar-refractivity contribution is 5.54. The highest BCUT2D eigenvalue weighted by Gasteiger charge is 2.23. The van der Waals surface area contributed by atoms with E-state index in [2.05, 4.69) is 29.4 Å². The van der Waals surface area contributed by atoms with Gasteiger partial charge in [0.05, 0.1) is 6.20 Å². The second kappa shape index (κ2) is 3.76. The fourth-order valence-electron chi connectivity index (χ4n) is 1.88. The van der Waals surface area contributed by atoms with Crippen LogP contribution in [0.3, 0.4) is 0 Å². The molecule has 0 unspecified atom stereocenters. The summed E-state index contributed by atoms with van der Waals surface area (Å²) >= 11 is 0. The van der Waals surface area contributed by atoms with E-state index in [1.807, 2.05) is 18.3 Å². The first-order valence-electron chi connectivity index (χ1n) is 5.56. The third-order valence-corrected chi connectivity index (χ3v) is 2.97. The Morgan fingerprint density at radius 1 is 1.38 bits per heavy atom. The third kappa shape index (κ3) is 1.63. The van der Waals surface area contributed by atoms with Gasteiger partial charge >= 0.3 is 0 Å². The van der Waals surface area contributed by atoms with Crippen molar-refractivity contribution in [2.24, 2.45) is 0 Å². The van der Waals surface area contributed by atoms with Gasteiger partial charge in [-0.15, -0.1) is 0 Å². The summed E-state index contributed by atoms with van der Waals surface area (Å²) in [4.78, 5) is 4.34. The van der Waals surface area contributed by atoms with Crippen molar-refractivity contribution in [3.8, 4) is 11.5 Å². The molecule has 1 aliphatic rings. The van der Waals surface area contributed by atoms with Crippen LogP contribution in [0.25, 0.3) is 11.5 Å². The lowest BCUT2D eigenvalue weighted by Crippen LogP contribution is -2.39. The molecule has 1 N–H and O–H groups in total. The molecule has 0 saturated carbocycles. The van der Waals surface area contributed by atoms with Crippen LogP contribution in [-0.4, -0.2) is 18.1 Å². The molecule has 2 aromatic rings. The molecule has 3 heteroatoms. The summed E-state index contributed by atoms with van der Waals surface area (Å²) < 4.78 is 5.78. The quantitative estimate of drug-likeness (QED) is 0.833. The van der Waals surface area contributed by atoms with Crippen molar-refractivity contribution in [2.45, 2.75) is 12.8 Å². The van der Waals surface area contributed by atoms with Gasteiger partial charge in [-0.2, -0.15) is 0 Å². The highest BCUT2D eigenvalue weighted by Crippen LogP contribution is 2.25. The Bertz CT molecular complexity index is 500. The number of oxazole rings is 1. The van der Waals surface area contributed by atoms with Gasteiger partial charge in [-0.05, 0) is 19.1 Å². The Hall–Kier alpha value is -1.61. The molecule has 16 heavy (non-hydrogen) atoms. The van der Waals surface area contributed by atoms with E-state index in [1.165, 1.54) is 5.56 Å². The normalized spacial score (nSPS) is 16.1. The minimum absolute atomic E-state index is 0.506. The lowest BCUT2D eigenvalue weighted by molar-refractivity contribution is 0.373. The van der Waals surface area contributed by atoms with Crippen molar-refractivity contribution in [3.05, 3.63) is 41.8 Å².